The van der Waals surface area contributed by atoms with Gasteiger partial charge in [0.25, 0.3) is 0 Å². The number of carbonyl (C=O) groups is 2. The van der Waals surface area contributed by atoms with E-state index < -0.39 is 0 Å². The second-order valence-corrected chi connectivity index (χ2v) is 8.12. The number of fused-ring (bicyclic) bond motifs is 3. The first-order valence-corrected chi connectivity index (χ1v) is 10.5. The van der Waals surface area contributed by atoms with Gasteiger partial charge in [-0.15, -0.1) is 0 Å². The Labute approximate surface area is 175 Å². The highest BCUT2D eigenvalue weighted by molar-refractivity contribution is 6.00. The lowest BCUT2D eigenvalue weighted by Gasteiger charge is -2.25. The number of para-hydroxylation sites is 1. The Morgan fingerprint density at radius 1 is 1.17 bits per heavy atom. The summed E-state index contributed by atoms with van der Waals surface area (Å²) < 4.78 is 5.18. The molecule has 2 aliphatic rings. The summed E-state index contributed by atoms with van der Waals surface area (Å²) in [6.07, 6.45) is 3.22. The number of amides is 2. The molecule has 1 aromatic heterocycles. The van der Waals surface area contributed by atoms with E-state index in [9.17, 15) is 9.59 Å². The van der Waals surface area contributed by atoms with E-state index in [0.29, 0.717) is 6.54 Å². The summed E-state index contributed by atoms with van der Waals surface area (Å²) in [5.41, 5.74) is 4.34. The zero-order chi connectivity index (χ0) is 20.7. The number of hydrogen-bond acceptors (Lipinski definition) is 3. The highest BCUT2D eigenvalue weighted by atomic mass is 16.5. The van der Waals surface area contributed by atoms with Crippen molar-refractivity contribution in [3.63, 3.8) is 0 Å². The van der Waals surface area contributed by atoms with Gasteiger partial charge in [0.15, 0.2) is 0 Å². The number of methoxy groups -OCH3 is 1. The third-order valence-corrected chi connectivity index (χ3v) is 6.31. The Kier molecular flexibility index (Phi) is 4.69. The zero-order valence-corrected chi connectivity index (χ0v) is 17.0. The molecule has 2 N–H and O–H groups in total. The van der Waals surface area contributed by atoms with Crippen LogP contribution in [0.3, 0.4) is 0 Å². The van der Waals surface area contributed by atoms with E-state index >= 15 is 0 Å². The van der Waals surface area contributed by atoms with E-state index in [4.69, 9.17) is 4.74 Å². The maximum absolute atomic E-state index is 13.0. The van der Waals surface area contributed by atoms with Gasteiger partial charge in [-0.25, -0.2) is 0 Å². The van der Waals surface area contributed by atoms with Gasteiger partial charge in [0, 0.05) is 35.2 Å². The molecule has 0 saturated carbocycles. The Balaban J connectivity index is 1.31. The van der Waals surface area contributed by atoms with Crippen LogP contribution in [0, 0.1) is 5.92 Å². The Hall–Kier alpha value is -3.28. The van der Waals surface area contributed by atoms with Crippen molar-refractivity contribution in [2.24, 2.45) is 5.92 Å². The summed E-state index contributed by atoms with van der Waals surface area (Å²) >= 11 is 0. The molecule has 6 nitrogen and oxygen atoms in total. The topological polar surface area (TPSA) is 74.4 Å². The highest BCUT2D eigenvalue weighted by Crippen LogP contribution is 2.35. The number of anilines is 1. The predicted molar refractivity (Wildman–Crippen MR) is 116 cm³/mol. The molecule has 0 radical (unpaired) electrons. The van der Waals surface area contributed by atoms with Gasteiger partial charge >= 0.3 is 0 Å². The van der Waals surface area contributed by atoms with Gasteiger partial charge < -0.3 is 19.9 Å². The van der Waals surface area contributed by atoms with Gasteiger partial charge in [0.05, 0.1) is 19.1 Å². The highest BCUT2D eigenvalue weighted by Gasteiger charge is 2.36. The van der Waals surface area contributed by atoms with Crippen molar-refractivity contribution in [3.8, 4) is 5.75 Å². The Morgan fingerprint density at radius 2 is 1.97 bits per heavy atom. The van der Waals surface area contributed by atoms with Gasteiger partial charge in [-0.3, -0.25) is 9.59 Å². The van der Waals surface area contributed by atoms with E-state index in [2.05, 4.69) is 28.5 Å². The second-order valence-electron chi connectivity index (χ2n) is 8.12. The largest absolute Gasteiger partial charge is 0.497 e. The number of aryl methyl sites for hydroxylation is 1. The van der Waals surface area contributed by atoms with Crippen LogP contribution in [0.2, 0.25) is 0 Å². The second kappa shape index (κ2) is 7.52. The van der Waals surface area contributed by atoms with Crippen LogP contribution in [-0.4, -0.2) is 30.5 Å². The fourth-order valence-corrected chi connectivity index (χ4v) is 4.74. The number of aromatic amines is 1. The Bertz CT molecular complexity index is 1100. The van der Waals surface area contributed by atoms with E-state index in [1.807, 2.05) is 30.3 Å². The fourth-order valence-electron chi connectivity index (χ4n) is 4.74. The molecule has 5 rings (SSSR count). The summed E-state index contributed by atoms with van der Waals surface area (Å²) in [6, 6.07) is 15.6. The third kappa shape index (κ3) is 3.22. The molecule has 2 aromatic carbocycles. The van der Waals surface area contributed by atoms with Gasteiger partial charge in [0.2, 0.25) is 11.8 Å². The molecule has 2 atom stereocenters. The Morgan fingerprint density at radius 3 is 2.77 bits per heavy atom. The first-order valence-electron chi connectivity index (χ1n) is 10.5. The third-order valence-electron chi connectivity index (χ3n) is 6.31. The number of carbonyl (C=O) groups excluding carboxylic acids is 2. The van der Waals surface area contributed by atoms with Crippen molar-refractivity contribution < 1.29 is 14.3 Å². The average Bonchev–Trinajstić information content (AvgIpc) is 3.35. The first-order chi connectivity index (χ1) is 14.6. The molecule has 154 valence electrons. The molecule has 2 unspecified atom stereocenters. The predicted octanol–water partition coefficient (Wildman–Crippen LogP) is 3.72. The lowest BCUT2D eigenvalue weighted by atomic mass is 9.91. The molecule has 6 heteroatoms. The minimum atomic E-state index is -0.339. The fraction of sp³-hybridized carbons (Fsp3) is 0.333. The van der Waals surface area contributed by atoms with Crippen LogP contribution in [0.4, 0.5) is 5.69 Å². The van der Waals surface area contributed by atoms with Crippen LogP contribution in [-0.2, 0) is 16.0 Å². The molecular formula is C24H25N3O3. The number of hydrogen-bond donors (Lipinski definition) is 2. The van der Waals surface area contributed by atoms with E-state index in [-0.39, 0.29) is 30.2 Å². The lowest BCUT2D eigenvalue weighted by Crippen LogP contribution is -2.37. The van der Waals surface area contributed by atoms with Crippen molar-refractivity contribution >= 4 is 28.4 Å². The molecule has 2 heterocycles. The van der Waals surface area contributed by atoms with Crippen molar-refractivity contribution in [2.75, 3.05) is 18.6 Å². The monoisotopic (exact) mass is 403 g/mol. The maximum Gasteiger partial charge on any atom is 0.227 e. The van der Waals surface area contributed by atoms with Crippen LogP contribution in [0.1, 0.15) is 36.6 Å². The SMILES string of the molecule is COc1ccc(N2CC(C(=O)NC3CCCc4c3[nH]c3ccccc43)CC2=O)cc1. The minimum absolute atomic E-state index is 0.0183. The van der Waals surface area contributed by atoms with Crippen LogP contribution in [0.5, 0.6) is 5.75 Å². The van der Waals surface area contributed by atoms with Crippen LogP contribution in [0.25, 0.3) is 10.9 Å². The summed E-state index contributed by atoms with van der Waals surface area (Å²) in [6.45, 7) is 0.406. The molecular weight excluding hydrogens is 378 g/mol. The van der Waals surface area contributed by atoms with Gasteiger partial charge in [-0.1, -0.05) is 18.2 Å². The molecule has 30 heavy (non-hydrogen) atoms. The molecule has 0 bridgehead atoms. The quantitative estimate of drug-likeness (QED) is 0.697. The zero-order valence-electron chi connectivity index (χ0n) is 17.0. The van der Waals surface area contributed by atoms with E-state index in [1.165, 1.54) is 10.9 Å². The number of nitrogens with one attached hydrogen (secondary N) is 2. The molecule has 1 aliphatic carbocycles. The van der Waals surface area contributed by atoms with Crippen LogP contribution < -0.4 is 15.0 Å². The van der Waals surface area contributed by atoms with Crippen molar-refractivity contribution in [3.05, 3.63) is 59.8 Å². The number of nitrogens with zero attached hydrogens (tertiary/aromatic N) is 1. The van der Waals surface area contributed by atoms with Crippen LogP contribution >= 0.6 is 0 Å². The number of benzene rings is 2. The molecule has 1 fully saturated rings. The number of H-pyrrole nitrogens is 1. The summed E-state index contributed by atoms with van der Waals surface area (Å²) in [5, 5.41) is 4.46. The van der Waals surface area contributed by atoms with E-state index in [0.717, 1.165) is 41.9 Å². The van der Waals surface area contributed by atoms with Crippen molar-refractivity contribution in [1.82, 2.24) is 10.3 Å². The summed E-state index contributed by atoms with van der Waals surface area (Å²) in [5.74, 6) is 0.339. The summed E-state index contributed by atoms with van der Waals surface area (Å²) in [4.78, 5) is 30.8. The lowest BCUT2D eigenvalue weighted by molar-refractivity contribution is -0.127. The number of aromatic nitrogens is 1. The van der Waals surface area contributed by atoms with Crippen molar-refractivity contribution in [2.45, 2.75) is 31.7 Å². The standard InChI is InChI=1S/C24H25N3O3/c1-30-17-11-9-16(10-12-17)27-14-15(13-22(27)28)24(29)26-21-8-4-6-19-18-5-2-3-7-20(18)25-23(19)21/h2-3,5,7,9-12,15,21,25H,4,6,8,13-14H2,1H3,(H,26,29). The van der Waals surface area contributed by atoms with Crippen LogP contribution in [0.15, 0.2) is 48.5 Å². The average molecular weight is 403 g/mol. The van der Waals surface area contributed by atoms with Gasteiger partial charge in [0.1, 0.15) is 5.75 Å². The number of rotatable bonds is 4. The molecule has 1 aliphatic heterocycles. The van der Waals surface area contributed by atoms with E-state index in [1.54, 1.807) is 12.0 Å². The number of ether oxygens (including phenoxy) is 1. The van der Waals surface area contributed by atoms with Crippen molar-refractivity contribution in [1.29, 1.82) is 0 Å². The molecule has 2 amide bonds. The summed E-state index contributed by atoms with van der Waals surface area (Å²) in [7, 11) is 1.61. The van der Waals surface area contributed by atoms with Gasteiger partial charge in [-0.2, -0.15) is 0 Å². The molecule has 1 saturated heterocycles. The molecule has 0 spiro atoms. The molecule has 3 aromatic rings. The first kappa shape index (κ1) is 18.7. The minimum Gasteiger partial charge on any atom is -0.497 e. The normalized spacial score (nSPS) is 21.0. The smallest absolute Gasteiger partial charge is 0.227 e. The maximum atomic E-state index is 13.0. The van der Waals surface area contributed by atoms with Gasteiger partial charge in [-0.05, 0) is 55.2 Å².